The minimum Gasteiger partial charge on any atom is -0.382 e. The molecule has 5 nitrogen and oxygen atoms in total. The number of rotatable bonds is 2. The molecule has 0 bridgehead atoms. The Labute approximate surface area is 103 Å². The lowest BCUT2D eigenvalue weighted by Gasteiger charge is -2.06. The Balaban J connectivity index is 2.68. The summed E-state index contributed by atoms with van der Waals surface area (Å²) in [4.78, 5) is 12.3. The van der Waals surface area contributed by atoms with E-state index in [9.17, 15) is 0 Å². The average Bonchev–Trinajstić information content (AvgIpc) is 2.38. The first-order valence-corrected chi connectivity index (χ1v) is 6.00. The van der Waals surface area contributed by atoms with Crippen molar-refractivity contribution in [3.8, 4) is 17.3 Å². The Morgan fingerprint density at radius 1 is 1.41 bits per heavy atom. The number of anilines is 1. The van der Waals surface area contributed by atoms with Crippen LogP contribution in [0, 0.1) is 11.3 Å². The number of pyridine rings is 1. The molecule has 0 unspecified atom stereocenters. The van der Waals surface area contributed by atoms with Crippen molar-refractivity contribution >= 4 is 17.6 Å². The molecule has 0 radical (unpaired) electrons. The SMILES string of the molecule is CSc1nc(N)c(C#N)c(-c2cccnc2)n1. The van der Waals surface area contributed by atoms with Gasteiger partial charge in [0.2, 0.25) is 0 Å². The van der Waals surface area contributed by atoms with Crippen molar-refractivity contribution in [3.63, 3.8) is 0 Å². The maximum Gasteiger partial charge on any atom is 0.189 e. The average molecular weight is 243 g/mol. The van der Waals surface area contributed by atoms with Crippen LogP contribution >= 0.6 is 11.8 Å². The molecule has 0 aromatic carbocycles. The first-order chi connectivity index (χ1) is 8.26. The lowest BCUT2D eigenvalue weighted by molar-refractivity contribution is 0.978. The van der Waals surface area contributed by atoms with Crippen molar-refractivity contribution < 1.29 is 0 Å². The van der Waals surface area contributed by atoms with Gasteiger partial charge in [0, 0.05) is 18.0 Å². The van der Waals surface area contributed by atoms with Crippen LogP contribution in [0.3, 0.4) is 0 Å². The minimum atomic E-state index is 0.200. The van der Waals surface area contributed by atoms with E-state index in [2.05, 4.69) is 15.0 Å². The highest BCUT2D eigenvalue weighted by Gasteiger charge is 2.13. The molecule has 17 heavy (non-hydrogen) atoms. The second-order valence-corrected chi connectivity index (χ2v) is 3.95. The van der Waals surface area contributed by atoms with E-state index in [1.165, 1.54) is 11.8 Å². The van der Waals surface area contributed by atoms with Gasteiger partial charge in [0.15, 0.2) is 5.16 Å². The van der Waals surface area contributed by atoms with Crippen molar-refractivity contribution in [2.45, 2.75) is 5.16 Å². The second-order valence-electron chi connectivity index (χ2n) is 3.17. The third-order valence-corrected chi connectivity index (χ3v) is 2.69. The van der Waals surface area contributed by atoms with Gasteiger partial charge in [-0.3, -0.25) is 4.98 Å². The van der Waals surface area contributed by atoms with Crippen LogP contribution in [-0.2, 0) is 0 Å². The van der Waals surface area contributed by atoms with Gasteiger partial charge in [0.05, 0.1) is 5.69 Å². The number of nitrogen functional groups attached to an aromatic ring is 1. The van der Waals surface area contributed by atoms with E-state index >= 15 is 0 Å². The van der Waals surface area contributed by atoms with E-state index in [1.54, 1.807) is 18.5 Å². The fraction of sp³-hybridized carbons (Fsp3) is 0.0909. The molecule has 2 N–H and O–H groups in total. The third kappa shape index (κ3) is 2.19. The van der Waals surface area contributed by atoms with E-state index in [-0.39, 0.29) is 11.4 Å². The first-order valence-electron chi connectivity index (χ1n) is 4.78. The van der Waals surface area contributed by atoms with Gasteiger partial charge >= 0.3 is 0 Å². The van der Waals surface area contributed by atoms with Crippen molar-refractivity contribution in [2.75, 3.05) is 12.0 Å². The van der Waals surface area contributed by atoms with Crippen LogP contribution in [0.15, 0.2) is 29.7 Å². The quantitative estimate of drug-likeness (QED) is 0.638. The van der Waals surface area contributed by atoms with Gasteiger partial charge in [-0.1, -0.05) is 11.8 Å². The largest absolute Gasteiger partial charge is 0.382 e. The summed E-state index contributed by atoms with van der Waals surface area (Å²) >= 11 is 1.38. The van der Waals surface area contributed by atoms with Gasteiger partial charge in [0.25, 0.3) is 0 Å². The topological polar surface area (TPSA) is 88.5 Å². The Morgan fingerprint density at radius 3 is 2.82 bits per heavy atom. The summed E-state index contributed by atoms with van der Waals surface area (Å²) in [5, 5.41) is 9.63. The summed E-state index contributed by atoms with van der Waals surface area (Å²) in [6, 6.07) is 5.64. The Hall–Kier alpha value is -2.13. The van der Waals surface area contributed by atoms with Gasteiger partial charge < -0.3 is 5.73 Å². The van der Waals surface area contributed by atoms with E-state index in [0.717, 1.165) is 5.56 Å². The number of nitriles is 1. The monoisotopic (exact) mass is 243 g/mol. The normalized spacial score (nSPS) is 9.88. The van der Waals surface area contributed by atoms with Crippen molar-refractivity contribution in [1.82, 2.24) is 15.0 Å². The molecule has 0 amide bonds. The molecule has 84 valence electrons. The Kier molecular flexibility index (Phi) is 3.21. The van der Waals surface area contributed by atoms with Crippen molar-refractivity contribution in [3.05, 3.63) is 30.1 Å². The summed E-state index contributed by atoms with van der Waals surface area (Å²) < 4.78 is 0. The fourth-order valence-electron chi connectivity index (χ4n) is 1.37. The van der Waals surface area contributed by atoms with E-state index in [0.29, 0.717) is 10.9 Å². The van der Waals surface area contributed by atoms with Gasteiger partial charge in [-0.05, 0) is 18.4 Å². The van der Waals surface area contributed by atoms with Crippen LogP contribution in [-0.4, -0.2) is 21.2 Å². The molecule has 0 aliphatic carbocycles. The molecular weight excluding hydrogens is 234 g/mol. The number of aromatic nitrogens is 3. The Bertz CT molecular complexity index is 576. The zero-order valence-corrected chi connectivity index (χ0v) is 9.90. The predicted molar refractivity (Wildman–Crippen MR) is 66.2 cm³/mol. The van der Waals surface area contributed by atoms with Crippen LogP contribution in [0.2, 0.25) is 0 Å². The second kappa shape index (κ2) is 4.80. The maximum absolute atomic E-state index is 9.09. The smallest absolute Gasteiger partial charge is 0.189 e. The number of nitrogens with zero attached hydrogens (tertiary/aromatic N) is 4. The van der Waals surface area contributed by atoms with Crippen molar-refractivity contribution in [2.24, 2.45) is 0 Å². The van der Waals surface area contributed by atoms with Gasteiger partial charge in [-0.15, -0.1) is 0 Å². The molecule has 0 atom stereocenters. The van der Waals surface area contributed by atoms with Crippen LogP contribution < -0.4 is 5.73 Å². The number of nitrogens with two attached hydrogens (primary N) is 1. The summed E-state index contributed by atoms with van der Waals surface area (Å²) in [7, 11) is 0. The van der Waals surface area contributed by atoms with Crippen molar-refractivity contribution in [1.29, 1.82) is 5.26 Å². The number of thioether (sulfide) groups is 1. The highest BCUT2D eigenvalue weighted by atomic mass is 32.2. The molecule has 6 heteroatoms. The molecule has 0 saturated carbocycles. The molecule has 0 spiro atoms. The number of hydrogen-bond donors (Lipinski definition) is 1. The zero-order valence-electron chi connectivity index (χ0n) is 9.08. The first kappa shape index (κ1) is 11.4. The molecule has 2 heterocycles. The van der Waals surface area contributed by atoms with E-state index in [4.69, 9.17) is 11.0 Å². The third-order valence-electron chi connectivity index (χ3n) is 2.15. The van der Waals surface area contributed by atoms with Gasteiger partial charge in [-0.25, -0.2) is 9.97 Å². The molecule has 2 aromatic heterocycles. The highest BCUT2D eigenvalue weighted by molar-refractivity contribution is 7.98. The molecular formula is C11H9N5S. The molecule has 0 aliphatic heterocycles. The summed E-state index contributed by atoms with van der Waals surface area (Å²) in [6.45, 7) is 0. The van der Waals surface area contributed by atoms with Gasteiger partial charge in [-0.2, -0.15) is 5.26 Å². The van der Waals surface area contributed by atoms with E-state index < -0.39 is 0 Å². The molecule has 2 aromatic rings. The van der Waals surface area contributed by atoms with Crippen LogP contribution in [0.4, 0.5) is 5.82 Å². The molecule has 0 saturated heterocycles. The summed E-state index contributed by atoms with van der Waals surface area (Å²) in [5.41, 5.74) is 7.31. The summed E-state index contributed by atoms with van der Waals surface area (Å²) in [6.07, 6.45) is 5.16. The van der Waals surface area contributed by atoms with Gasteiger partial charge in [0.1, 0.15) is 17.5 Å². The predicted octanol–water partition coefficient (Wildman–Crippen LogP) is 1.71. The van der Waals surface area contributed by atoms with E-state index in [1.807, 2.05) is 18.4 Å². The molecule has 2 rings (SSSR count). The minimum absolute atomic E-state index is 0.200. The standard InChI is InChI=1S/C11H9N5S/c1-17-11-15-9(7-3-2-4-14-6-7)8(5-12)10(13)16-11/h2-4,6H,1H3,(H2,13,15,16). The highest BCUT2D eigenvalue weighted by Crippen LogP contribution is 2.25. The lowest BCUT2D eigenvalue weighted by atomic mass is 10.1. The number of hydrogen-bond acceptors (Lipinski definition) is 6. The summed E-state index contributed by atoms with van der Waals surface area (Å²) in [5.74, 6) is 0.200. The van der Waals surface area contributed by atoms with Crippen LogP contribution in [0.5, 0.6) is 0 Å². The lowest BCUT2D eigenvalue weighted by Crippen LogP contribution is -2.02. The Morgan fingerprint density at radius 2 is 2.24 bits per heavy atom. The molecule has 0 fully saturated rings. The zero-order chi connectivity index (χ0) is 12.3. The fourth-order valence-corrected chi connectivity index (χ4v) is 1.74. The molecule has 0 aliphatic rings. The maximum atomic E-state index is 9.09. The van der Waals surface area contributed by atoms with Crippen LogP contribution in [0.25, 0.3) is 11.3 Å². The van der Waals surface area contributed by atoms with Crippen LogP contribution in [0.1, 0.15) is 5.56 Å².